The third-order valence-corrected chi connectivity index (χ3v) is 9.44. The minimum atomic E-state index is -3.42. The van der Waals surface area contributed by atoms with Crippen molar-refractivity contribution in [2.75, 3.05) is 23.7 Å². The lowest BCUT2D eigenvalue weighted by molar-refractivity contribution is 0.299. The fourth-order valence-corrected chi connectivity index (χ4v) is 7.12. The Bertz CT molecular complexity index is 1010. The number of fused-ring (bicyclic) bond motifs is 1. The maximum Gasteiger partial charge on any atom is 0.252 e. The first kappa shape index (κ1) is 19.0. The van der Waals surface area contributed by atoms with Gasteiger partial charge in [0, 0.05) is 19.3 Å². The number of pyridine rings is 1. The second-order valence-electron chi connectivity index (χ2n) is 7.98. The molecule has 1 spiro atoms. The number of hydrogen-bond donors (Lipinski definition) is 2. The van der Waals surface area contributed by atoms with Crippen LogP contribution in [0.1, 0.15) is 38.5 Å². The van der Waals surface area contributed by atoms with Crippen LogP contribution in [-0.2, 0) is 10.0 Å². The van der Waals surface area contributed by atoms with Crippen molar-refractivity contribution in [3.63, 3.8) is 0 Å². The van der Waals surface area contributed by atoms with Crippen molar-refractivity contribution in [3.8, 4) is 0 Å². The lowest BCUT2D eigenvalue weighted by atomic mass is 9.85. The van der Waals surface area contributed by atoms with Gasteiger partial charge < -0.3 is 10.6 Å². The molecule has 2 fully saturated rings. The minimum absolute atomic E-state index is 0.342. The first-order chi connectivity index (χ1) is 14.1. The average molecular weight is 432 g/mol. The smallest absolute Gasteiger partial charge is 0.252 e. The van der Waals surface area contributed by atoms with E-state index in [1.54, 1.807) is 28.0 Å². The zero-order valence-electron chi connectivity index (χ0n) is 16.2. The number of thiophene rings is 1. The zero-order valence-corrected chi connectivity index (χ0v) is 17.8. The van der Waals surface area contributed by atoms with Crippen molar-refractivity contribution >= 4 is 38.7 Å². The van der Waals surface area contributed by atoms with Gasteiger partial charge in [-0.3, -0.25) is 4.99 Å². The first-order valence-electron chi connectivity index (χ1n) is 10.2. The van der Waals surface area contributed by atoms with Crippen molar-refractivity contribution in [2.45, 2.75) is 54.3 Å². The number of aliphatic imine (C=N–C) groups is 1. The Kier molecular flexibility index (Phi) is 4.84. The molecule has 0 bridgehead atoms. The molecule has 7 nitrogen and oxygen atoms in total. The highest BCUT2D eigenvalue weighted by Gasteiger charge is 2.45. The second-order valence-corrected chi connectivity index (χ2v) is 11.1. The van der Waals surface area contributed by atoms with Crippen LogP contribution >= 0.6 is 11.3 Å². The van der Waals surface area contributed by atoms with E-state index in [0.717, 1.165) is 30.2 Å². The molecule has 0 unspecified atom stereocenters. The number of sulfonamides is 1. The van der Waals surface area contributed by atoms with E-state index in [0.29, 0.717) is 36.2 Å². The van der Waals surface area contributed by atoms with Gasteiger partial charge in [0.05, 0.1) is 17.3 Å². The Morgan fingerprint density at radius 2 is 1.97 bits per heavy atom. The normalized spacial score (nSPS) is 23.7. The van der Waals surface area contributed by atoms with E-state index in [2.05, 4.69) is 15.6 Å². The molecule has 5 rings (SSSR count). The zero-order chi connectivity index (χ0) is 19.9. The predicted octanol–water partition coefficient (Wildman–Crippen LogP) is 3.55. The highest BCUT2D eigenvalue weighted by atomic mass is 32.2. The summed E-state index contributed by atoms with van der Waals surface area (Å²) >= 11 is 1.27. The number of aromatic nitrogens is 1. The topological polar surface area (TPSA) is 86.7 Å². The lowest BCUT2D eigenvalue weighted by Crippen LogP contribution is -2.59. The average Bonchev–Trinajstić information content (AvgIpc) is 3.44. The van der Waals surface area contributed by atoms with E-state index in [-0.39, 0.29) is 5.54 Å². The van der Waals surface area contributed by atoms with Gasteiger partial charge in [-0.25, -0.2) is 13.4 Å². The van der Waals surface area contributed by atoms with Gasteiger partial charge in [0.15, 0.2) is 5.82 Å². The number of nitrogens with one attached hydrogen (secondary N) is 2. The number of anilines is 2. The minimum Gasteiger partial charge on any atom is -0.370 e. The van der Waals surface area contributed by atoms with Crippen LogP contribution < -0.4 is 10.6 Å². The summed E-state index contributed by atoms with van der Waals surface area (Å²) in [5.74, 6) is 1.72. The Morgan fingerprint density at radius 1 is 1.17 bits per heavy atom. The van der Waals surface area contributed by atoms with Crippen LogP contribution in [0.25, 0.3) is 0 Å². The number of piperidine rings is 1. The number of nitrogens with zero attached hydrogens (tertiary/aromatic N) is 3. The van der Waals surface area contributed by atoms with E-state index in [9.17, 15) is 8.42 Å². The highest BCUT2D eigenvalue weighted by molar-refractivity contribution is 7.91. The van der Waals surface area contributed by atoms with Gasteiger partial charge in [0.25, 0.3) is 10.0 Å². The van der Waals surface area contributed by atoms with Crippen LogP contribution in [-0.4, -0.2) is 48.2 Å². The van der Waals surface area contributed by atoms with E-state index in [1.807, 2.05) is 12.1 Å². The molecule has 0 amide bonds. The lowest BCUT2D eigenvalue weighted by Gasteiger charge is -2.45. The number of amidine groups is 1. The number of hydrogen-bond acceptors (Lipinski definition) is 6. The summed E-state index contributed by atoms with van der Waals surface area (Å²) in [5, 5.41) is 8.95. The molecule has 4 heterocycles. The Balaban J connectivity index is 1.43. The predicted molar refractivity (Wildman–Crippen MR) is 116 cm³/mol. The molecule has 29 heavy (non-hydrogen) atoms. The molecule has 154 valence electrons. The maximum absolute atomic E-state index is 12.9. The summed E-state index contributed by atoms with van der Waals surface area (Å²) in [5.41, 5.74) is 0.576. The summed E-state index contributed by atoms with van der Waals surface area (Å²) < 4.78 is 27.9. The summed E-state index contributed by atoms with van der Waals surface area (Å²) in [6.07, 6.45) is 7.81. The standard InChI is InChI=1S/C20H25N5O2S2/c26-29(27,17-8-4-14-28-17)25-12-9-20(10-13-25)19(22-15-5-1-2-6-15)23-18-16(24-20)7-3-11-21-18/h3-4,7-8,11,14-15,24H,1-2,5-6,9-10,12-13H2,(H,21,22,23). The third-order valence-electron chi connectivity index (χ3n) is 6.17. The SMILES string of the molecule is O=S(=O)(c1cccs1)N1CCC2(CC1)Nc1cccnc1NC2=NC1CCCC1. The molecule has 2 aromatic heterocycles. The van der Waals surface area contributed by atoms with Gasteiger partial charge in [0.2, 0.25) is 0 Å². The van der Waals surface area contributed by atoms with Gasteiger partial charge in [-0.1, -0.05) is 18.9 Å². The molecule has 1 saturated carbocycles. The van der Waals surface area contributed by atoms with Gasteiger partial charge in [0.1, 0.15) is 10.0 Å². The van der Waals surface area contributed by atoms with E-state index in [1.165, 1.54) is 24.2 Å². The van der Waals surface area contributed by atoms with Crippen molar-refractivity contribution in [3.05, 3.63) is 35.8 Å². The van der Waals surface area contributed by atoms with Gasteiger partial charge >= 0.3 is 0 Å². The fourth-order valence-electron chi connectivity index (χ4n) is 4.53. The molecule has 2 aromatic rings. The Labute approximate surface area is 175 Å². The number of rotatable bonds is 3. The molecule has 1 saturated heterocycles. The first-order valence-corrected chi connectivity index (χ1v) is 12.5. The van der Waals surface area contributed by atoms with Crippen LogP contribution in [0.3, 0.4) is 0 Å². The molecule has 9 heteroatoms. The molecule has 2 N–H and O–H groups in total. The van der Waals surface area contributed by atoms with Crippen LogP contribution in [0, 0.1) is 0 Å². The largest absolute Gasteiger partial charge is 0.370 e. The summed E-state index contributed by atoms with van der Waals surface area (Å²) in [6, 6.07) is 7.73. The molecular formula is C20H25N5O2S2. The van der Waals surface area contributed by atoms with Crippen molar-refractivity contribution in [1.82, 2.24) is 9.29 Å². The molecule has 0 aromatic carbocycles. The van der Waals surface area contributed by atoms with Crippen LogP contribution in [0.5, 0.6) is 0 Å². The highest BCUT2D eigenvalue weighted by Crippen LogP contribution is 2.38. The van der Waals surface area contributed by atoms with E-state index >= 15 is 0 Å². The molecule has 2 aliphatic heterocycles. The summed E-state index contributed by atoms with van der Waals surface area (Å²) in [7, 11) is -3.42. The fraction of sp³-hybridized carbons (Fsp3) is 0.500. The quantitative estimate of drug-likeness (QED) is 0.776. The third kappa shape index (κ3) is 3.45. The Morgan fingerprint density at radius 3 is 2.69 bits per heavy atom. The van der Waals surface area contributed by atoms with Gasteiger partial charge in [-0.15, -0.1) is 11.3 Å². The van der Waals surface area contributed by atoms with Crippen molar-refractivity contribution in [1.29, 1.82) is 0 Å². The molecular weight excluding hydrogens is 406 g/mol. The second kappa shape index (κ2) is 7.37. The van der Waals surface area contributed by atoms with Crippen LogP contribution in [0.2, 0.25) is 0 Å². The summed E-state index contributed by atoms with van der Waals surface area (Å²) in [4.78, 5) is 9.54. The van der Waals surface area contributed by atoms with E-state index < -0.39 is 10.0 Å². The molecule has 0 atom stereocenters. The summed E-state index contributed by atoms with van der Waals surface area (Å²) in [6.45, 7) is 0.933. The van der Waals surface area contributed by atoms with Crippen molar-refractivity contribution in [2.24, 2.45) is 4.99 Å². The van der Waals surface area contributed by atoms with Crippen LogP contribution in [0.4, 0.5) is 11.5 Å². The van der Waals surface area contributed by atoms with E-state index in [4.69, 9.17) is 4.99 Å². The van der Waals surface area contributed by atoms with Gasteiger partial charge in [-0.2, -0.15) is 4.31 Å². The molecule has 0 radical (unpaired) electrons. The molecule has 1 aliphatic carbocycles. The monoisotopic (exact) mass is 431 g/mol. The van der Waals surface area contributed by atoms with Crippen molar-refractivity contribution < 1.29 is 8.42 Å². The van der Waals surface area contributed by atoms with Crippen LogP contribution in [0.15, 0.2) is 45.0 Å². The maximum atomic E-state index is 12.9. The van der Waals surface area contributed by atoms with Gasteiger partial charge in [-0.05, 0) is 49.3 Å². The Hall–Kier alpha value is -1.97. The molecule has 3 aliphatic rings.